The number of hydrogen-bond donors (Lipinski definition) is 0. The fraction of sp³-hybridized carbons (Fsp3) is 0.333. The van der Waals surface area contributed by atoms with Gasteiger partial charge in [0.2, 0.25) is 0 Å². The lowest BCUT2D eigenvalue weighted by Crippen LogP contribution is -1.89. The number of allylic oxidation sites excluding steroid dienone is 2. The molecule has 0 saturated heterocycles. The highest BCUT2D eigenvalue weighted by Gasteiger charge is 2.19. The predicted molar refractivity (Wildman–Crippen MR) is 72.5 cm³/mol. The first kappa shape index (κ1) is 11.5. The molecule has 1 saturated carbocycles. The van der Waals surface area contributed by atoms with E-state index in [1.54, 1.807) is 0 Å². The Morgan fingerprint density at radius 3 is 2.56 bits per heavy atom. The second-order valence-corrected chi connectivity index (χ2v) is 5.31. The lowest BCUT2D eigenvalue weighted by atomic mass is 10.1. The Morgan fingerprint density at radius 2 is 1.88 bits per heavy atom. The van der Waals surface area contributed by atoms with E-state index in [0.29, 0.717) is 0 Å². The SMILES string of the molecule is C=CC1CCC(C=CSc2ccccc2)C1. The van der Waals surface area contributed by atoms with E-state index in [9.17, 15) is 0 Å². The van der Waals surface area contributed by atoms with Crippen molar-refractivity contribution in [3.63, 3.8) is 0 Å². The zero-order chi connectivity index (χ0) is 11.2. The second-order valence-electron chi connectivity index (χ2n) is 4.33. The summed E-state index contributed by atoms with van der Waals surface area (Å²) in [4.78, 5) is 1.32. The molecule has 0 amide bonds. The van der Waals surface area contributed by atoms with Crippen LogP contribution in [0.5, 0.6) is 0 Å². The third-order valence-corrected chi connectivity index (χ3v) is 3.98. The van der Waals surface area contributed by atoms with Gasteiger partial charge in [0.05, 0.1) is 0 Å². The van der Waals surface area contributed by atoms with Gasteiger partial charge in [-0.25, -0.2) is 0 Å². The zero-order valence-electron chi connectivity index (χ0n) is 9.51. The van der Waals surface area contributed by atoms with Gasteiger partial charge in [-0.05, 0) is 48.6 Å². The Balaban J connectivity index is 1.80. The van der Waals surface area contributed by atoms with E-state index in [1.807, 2.05) is 11.8 Å². The number of hydrogen-bond acceptors (Lipinski definition) is 1. The monoisotopic (exact) mass is 230 g/mol. The molecular weight excluding hydrogens is 212 g/mol. The van der Waals surface area contributed by atoms with Crippen LogP contribution in [0.3, 0.4) is 0 Å². The van der Waals surface area contributed by atoms with Crippen molar-refractivity contribution in [3.05, 3.63) is 54.5 Å². The average molecular weight is 230 g/mol. The molecule has 0 N–H and O–H groups in total. The first-order valence-corrected chi connectivity index (χ1v) is 6.77. The standard InChI is InChI=1S/C15H18S/c1-2-13-8-9-14(12-13)10-11-16-15-6-4-3-5-7-15/h2-7,10-11,13-14H,1,8-9,12H2. The van der Waals surface area contributed by atoms with Crippen molar-refractivity contribution >= 4 is 11.8 Å². The van der Waals surface area contributed by atoms with Crippen LogP contribution in [0.2, 0.25) is 0 Å². The minimum atomic E-state index is 0.747. The third kappa shape index (κ3) is 3.28. The van der Waals surface area contributed by atoms with Crippen LogP contribution >= 0.6 is 11.8 Å². The number of benzene rings is 1. The molecule has 1 aliphatic rings. The van der Waals surface area contributed by atoms with Crippen molar-refractivity contribution in [2.45, 2.75) is 24.2 Å². The van der Waals surface area contributed by atoms with Crippen LogP contribution in [-0.4, -0.2) is 0 Å². The Hall–Kier alpha value is -0.950. The van der Waals surface area contributed by atoms with Gasteiger partial charge in [-0.1, -0.05) is 42.1 Å². The summed E-state index contributed by atoms with van der Waals surface area (Å²) >= 11 is 1.81. The summed E-state index contributed by atoms with van der Waals surface area (Å²) in [5, 5.41) is 2.24. The maximum absolute atomic E-state index is 3.88. The highest BCUT2D eigenvalue weighted by molar-refractivity contribution is 8.02. The van der Waals surface area contributed by atoms with E-state index in [4.69, 9.17) is 0 Å². The van der Waals surface area contributed by atoms with Crippen molar-refractivity contribution < 1.29 is 0 Å². The molecule has 1 fully saturated rings. The first-order valence-electron chi connectivity index (χ1n) is 5.89. The average Bonchev–Trinajstić information content (AvgIpc) is 2.78. The van der Waals surface area contributed by atoms with E-state index in [1.165, 1.54) is 24.2 Å². The summed E-state index contributed by atoms with van der Waals surface area (Å²) in [5.41, 5.74) is 0. The molecule has 0 nitrogen and oxygen atoms in total. The van der Waals surface area contributed by atoms with Crippen molar-refractivity contribution in [1.82, 2.24) is 0 Å². The third-order valence-electron chi connectivity index (χ3n) is 3.15. The summed E-state index contributed by atoms with van der Waals surface area (Å²) in [7, 11) is 0. The molecule has 0 heterocycles. The topological polar surface area (TPSA) is 0 Å². The predicted octanol–water partition coefficient (Wildman–Crippen LogP) is 4.89. The quantitative estimate of drug-likeness (QED) is 0.524. The van der Waals surface area contributed by atoms with Crippen LogP contribution in [-0.2, 0) is 0 Å². The van der Waals surface area contributed by atoms with Crippen molar-refractivity contribution in [3.8, 4) is 0 Å². The van der Waals surface area contributed by atoms with Gasteiger partial charge in [-0.3, -0.25) is 0 Å². The zero-order valence-corrected chi connectivity index (χ0v) is 10.3. The largest absolute Gasteiger partial charge is 0.103 e. The first-order chi connectivity index (χ1) is 7.88. The molecule has 2 rings (SSSR count). The van der Waals surface area contributed by atoms with Crippen LogP contribution in [0.15, 0.2) is 59.4 Å². The van der Waals surface area contributed by atoms with E-state index in [0.717, 1.165) is 11.8 Å². The highest BCUT2D eigenvalue weighted by atomic mass is 32.2. The maximum Gasteiger partial charge on any atom is 0.0116 e. The molecule has 1 heteroatoms. The molecule has 0 radical (unpaired) electrons. The van der Waals surface area contributed by atoms with E-state index in [2.05, 4.69) is 54.5 Å². The van der Waals surface area contributed by atoms with Gasteiger partial charge in [0.1, 0.15) is 0 Å². The Labute approximate surface area is 102 Å². The van der Waals surface area contributed by atoms with Crippen LogP contribution in [0.25, 0.3) is 0 Å². The molecule has 2 unspecified atom stereocenters. The molecule has 0 spiro atoms. The van der Waals surface area contributed by atoms with E-state index < -0.39 is 0 Å². The van der Waals surface area contributed by atoms with Gasteiger partial charge in [0.25, 0.3) is 0 Å². The summed E-state index contributed by atoms with van der Waals surface area (Å²) in [6.07, 6.45) is 8.39. The molecule has 0 bridgehead atoms. The molecule has 1 aromatic rings. The fourth-order valence-corrected chi connectivity index (χ4v) is 2.94. The summed E-state index contributed by atoms with van der Waals surface area (Å²) in [5.74, 6) is 1.51. The van der Waals surface area contributed by atoms with Crippen molar-refractivity contribution in [2.24, 2.45) is 11.8 Å². The van der Waals surface area contributed by atoms with E-state index >= 15 is 0 Å². The number of thioether (sulfide) groups is 1. The van der Waals surface area contributed by atoms with Crippen LogP contribution in [0, 0.1) is 11.8 Å². The second kappa shape index (κ2) is 5.95. The molecule has 16 heavy (non-hydrogen) atoms. The molecule has 1 aliphatic carbocycles. The van der Waals surface area contributed by atoms with Gasteiger partial charge in [-0.15, -0.1) is 6.58 Å². The molecule has 0 aliphatic heterocycles. The molecule has 0 aromatic heterocycles. The molecule has 84 valence electrons. The lowest BCUT2D eigenvalue weighted by Gasteiger charge is -2.02. The van der Waals surface area contributed by atoms with Gasteiger partial charge in [0.15, 0.2) is 0 Å². The molecular formula is C15H18S. The summed E-state index contributed by atoms with van der Waals surface area (Å²) < 4.78 is 0. The van der Waals surface area contributed by atoms with Crippen LogP contribution in [0.4, 0.5) is 0 Å². The van der Waals surface area contributed by atoms with Gasteiger partial charge < -0.3 is 0 Å². The van der Waals surface area contributed by atoms with Gasteiger partial charge >= 0.3 is 0 Å². The van der Waals surface area contributed by atoms with Crippen molar-refractivity contribution in [1.29, 1.82) is 0 Å². The Bertz CT molecular complexity index is 353. The lowest BCUT2D eigenvalue weighted by molar-refractivity contribution is 0.640. The molecule has 2 atom stereocenters. The normalized spacial score (nSPS) is 25.0. The summed E-state index contributed by atoms with van der Waals surface area (Å²) in [6, 6.07) is 10.5. The van der Waals surface area contributed by atoms with Crippen molar-refractivity contribution in [2.75, 3.05) is 0 Å². The smallest absolute Gasteiger partial charge is 0.0116 e. The summed E-state index contributed by atoms with van der Waals surface area (Å²) in [6.45, 7) is 3.88. The Kier molecular flexibility index (Phi) is 4.29. The fourth-order valence-electron chi connectivity index (χ4n) is 2.17. The van der Waals surface area contributed by atoms with E-state index in [-0.39, 0.29) is 0 Å². The van der Waals surface area contributed by atoms with Crippen LogP contribution < -0.4 is 0 Å². The number of rotatable bonds is 4. The minimum Gasteiger partial charge on any atom is -0.103 e. The van der Waals surface area contributed by atoms with Crippen LogP contribution in [0.1, 0.15) is 19.3 Å². The Morgan fingerprint density at radius 1 is 1.12 bits per heavy atom. The van der Waals surface area contributed by atoms with Gasteiger partial charge in [0, 0.05) is 4.90 Å². The van der Waals surface area contributed by atoms with Gasteiger partial charge in [-0.2, -0.15) is 0 Å². The maximum atomic E-state index is 3.88. The molecule has 1 aromatic carbocycles. The minimum absolute atomic E-state index is 0.747. The highest BCUT2D eigenvalue weighted by Crippen LogP contribution is 2.33.